The maximum absolute atomic E-state index is 14.4. The molecule has 2 unspecified atom stereocenters. The number of alkyl halides is 3. The summed E-state index contributed by atoms with van der Waals surface area (Å²) in [6.45, 7) is -0.0643. The average Bonchev–Trinajstić information content (AvgIpc) is 3.44. The van der Waals surface area contributed by atoms with Crippen molar-refractivity contribution in [1.29, 1.82) is 0 Å². The normalized spacial score (nSPS) is 21.5. The molecule has 2 atom stereocenters. The molecule has 1 aliphatic carbocycles. The van der Waals surface area contributed by atoms with Gasteiger partial charge >= 0.3 is 6.18 Å². The minimum atomic E-state index is -4.49. The van der Waals surface area contributed by atoms with E-state index in [-0.39, 0.29) is 47.1 Å². The molecule has 1 aromatic carbocycles. The molecule has 1 fully saturated rings. The van der Waals surface area contributed by atoms with Gasteiger partial charge in [0.2, 0.25) is 0 Å². The van der Waals surface area contributed by atoms with E-state index in [9.17, 15) is 18.0 Å². The lowest BCUT2D eigenvalue weighted by Gasteiger charge is -2.33. The molecule has 36 heavy (non-hydrogen) atoms. The summed E-state index contributed by atoms with van der Waals surface area (Å²) in [6.07, 6.45) is -0.347. The maximum Gasteiger partial charge on any atom is 0.400 e. The van der Waals surface area contributed by atoms with Crippen LogP contribution in [-0.4, -0.2) is 35.1 Å². The second-order valence-electron chi connectivity index (χ2n) is 9.08. The van der Waals surface area contributed by atoms with Gasteiger partial charge in [0.1, 0.15) is 10.6 Å². The summed E-state index contributed by atoms with van der Waals surface area (Å²) in [4.78, 5) is 22.7. The number of carbonyl (C=O) groups excluding carboxylic acids is 1. The first-order valence-corrected chi connectivity index (χ1v) is 12.4. The number of aromatic nitrogens is 2. The van der Waals surface area contributed by atoms with E-state index in [1.165, 1.54) is 30.5 Å². The van der Waals surface area contributed by atoms with Crippen molar-refractivity contribution in [2.75, 3.05) is 18.0 Å². The minimum absolute atomic E-state index is 0.0589. The molecule has 3 aromatic rings. The number of carbonyl (C=O) groups is 1. The van der Waals surface area contributed by atoms with Crippen LogP contribution in [0.4, 0.5) is 18.9 Å². The number of amides is 1. The van der Waals surface area contributed by atoms with Crippen LogP contribution in [0.25, 0.3) is 0 Å². The molecule has 2 aliphatic rings. The molecule has 5 rings (SSSR count). The van der Waals surface area contributed by atoms with Crippen molar-refractivity contribution < 1.29 is 18.0 Å². The SMILES string of the molecule is O=C(NC1CCc2cc(N3CCC(c4cc(Cl)cc(Cl)c4)(C(F)(F)F)C3)cnc21)c1ccc(Cl)nc1. The first kappa shape index (κ1) is 25.1. The summed E-state index contributed by atoms with van der Waals surface area (Å²) in [5, 5.41) is 3.58. The molecule has 0 bridgehead atoms. The predicted molar refractivity (Wildman–Crippen MR) is 133 cm³/mol. The zero-order valence-corrected chi connectivity index (χ0v) is 21.0. The number of fused-ring (bicyclic) bond motifs is 1. The maximum atomic E-state index is 14.4. The Morgan fingerprint density at radius 3 is 2.47 bits per heavy atom. The van der Waals surface area contributed by atoms with Gasteiger partial charge in [-0.3, -0.25) is 9.78 Å². The third-order valence-electron chi connectivity index (χ3n) is 6.91. The van der Waals surface area contributed by atoms with Gasteiger partial charge < -0.3 is 10.2 Å². The van der Waals surface area contributed by atoms with Crippen LogP contribution in [0.5, 0.6) is 0 Å². The third-order valence-corrected chi connectivity index (χ3v) is 7.57. The lowest BCUT2D eigenvalue weighted by atomic mass is 9.79. The largest absolute Gasteiger partial charge is 0.400 e. The standard InChI is InChI=1S/C25H20Cl3F3N4O/c26-17-8-16(9-18(27)10-17)24(25(29,30)31)5-6-35(13-24)19-7-14-1-3-20(22(14)33-12-19)34-23(36)15-2-4-21(28)32-11-15/h2,4,7-12,20H,1,3,5-6,13H2,(H,34,36). The lowest BCUT2D eigenvalue weighted by molar-refractivity contribution is -0.184. The summed E-state index contributed by atoms with van der Waals surface area (Å²) in [6, 6.07) is 8.81. The Kier molecular flexibility index (Phi) is 6.55. The van der Waals surface area contributed by atoms with Crippen LogP contribution in [0, 0.1) is 0 Å². The van der Waals surface area contributed by atoms with Crippen LogP contribution < -0.4 is 10.2 Å². The first-order chi connectivity index (χ1) is 17.1. The van der Waals surface area contributed by atoms with Crippen molar-refractivity contribution >= 4 is 46.4 Å². The van der Waals surface area contributed by atoms with E-state index in [0.29, 0.717) is 29.2 Å². The summed E-state index contributed by atoms with van der Waals surface area (Å²) < 4.78 is 43.3. The molecule has 1 N–H and O–H groups in total. The van der Waals surface area contributed by atoms with Crippen molar-refractivity contribution in [3.63, 3.8) is 0 Å². The highest BCUT2D eigenvalue weighted by Gasteiger charge is 2.59. The predicted octanol–water partition coefficient (Wildman–Crippen LogP) is 6.56. The molecule has 188 valence electrons. The number of anilines is 1. The van der Waals surface area contributed by atoms with Gasteiger partial charge in [0.25, 0.3) is 5.91 Å². The Bertz CT molecular complexity index is 1300. The molecule has 1 saturated heterocycles. The van der Waals surface area contributed by atoms with Crippen molar-refractivity contribution in [2.45, 2.75) is 36.9 Å². The van der Waals surface area contributed by atoms with Gasteiger partial charge in [0.15, 0.2) is 0 Å². The van der Waals surface area contributed by atoms with Gasteiger partial charge in [-0.1, -0.05) is 34.8 Å². The molecule has 0 radical (unpaired) electrons. The second-order valence-corrected chi connectivity index (χ2v) is 10.3. The quantitative estimate of drug-likeness (QED) is 0.370. The van der Waals surface area contributed by atoms with Crippen LogP contribution in [0.3, 0.4) is 0 Å². The molecule has 3 heterocycles. The Labute approximate surface area is 220 Å². The van der Waals surface area contributed by atoms with Crippen LogP contribution >= 0.6 is 34.8 Å². The Morgan fingerprint density at radius 2 is 1.81 bits per heavy atom. The lowest BCUT2D eigenvalue weighted by Crippen LogP contribution is -2.44. The zero-order valence-electron chi connectivity index (χ0n) is 18.7. The Morgan fingerprint density at radius 1 is 1.06 bits per heavy atom. The number of hydrogen-bond acceptors (Lipinski definition) is 4. The van der Waals surface area contributed by atoms with Gasteiger partial charge in [-0.2, -0.15) is 13.2 Å². The molecule has 1 amide bonds. The average molecular weight is 556 g/mol. The Balaban J connectivity index is 1.36. The van der Waals surface area contributed by atoms with Crippen LogP contribution in [0.1, 0.15) is 46.1 Å². The third kappa shape index (κ3) is 4.62. The van der Waals surface area contributed by atoms with E-state index in [0.717, 1.165) is 11.3 Å². The molecule has 2 aromatic heterocycles. The number of benzene rings is 1. The van der Waals surface area contributed by atoms with Crippen molar-refractivity contribution in [2.24, 2.45) is 0 Å². The highest BCUT2D eigenvalue weighted by molar-refractivity contribution is 6.34. The number of nitrogens with one attached hydrogen (secondary N) is 1. The van der Waals surface area contributed by atoms with Crippen LogP contribution in [-0.2, 0) is 11.8 Å². The van der Waals surface area contributed by atoms with E-state index in [2.05, 4.69) is 15.3 Å². The number of nitrogens with zero attached hydrogens (tertiary/aromatic N) is 3. The number of aryl methyl sites for hydroxylation is 1. The topological polar surface area (TPSA) is 58.1 Å². The number of pyridine rings is 2. The first-order valence-electron chi connectivity index (χ1n) is 11.3. The van der Waals surface area contributed by atoms with E-state index < -0.39 is 11.6 Å². The van der Waals surface area contributed by atoms with Gasteiger partial charge in [0, 0.05) is 29.3 Å². The molecule has 5 nitrogen and oxygen atoms in total. The van der Waals surface area contributed by atoms with Crippen molar-refractivity contribution in [1.82, 2.24) is 15.3 Å². The fourth-order valence-corrected chi connectivity index (χ4v) is 5.65. The molecule has 1 aliphatic heterocycles. The number of rotatable bonds is 4. The zero-order chi connectivity index (χ0) is 25.7. The fourth-order valence-electron chi connectivity index (χ4n) is 5.01. The fraction of sp³-hybridized carbons (Fsp3) is 0.320. The van der Waals surface area contributed by atoms with Crippen LogP contribution in [0.15, 0.2) is 48.8 Å². The van der Waals surface area contributed by atoms with Gasteiger partial charge in [-0.05, 0) is 66.8 Å². The molecule has 0 saturated carbocycles. The monoisotopic (exact) mass is 554 g/mol. The summed E-state index contributed by atoms with van der Waals surface area (Å²) in [5.41, 5.74) is 0.583. The van der Waals surface area contributed by atoms with E-state index in [4.69, 9.17) is 34.8 Å². The van der Waals surface area contributed by atoms with Crippen molar-refractivity contribution in [3.05, 3.63) is 86.4 Å². The minimum Gasteiger partial charge on any atom is -0.369 e. The number of hydrogen-bond donors (Lipinski definition) is 1. The number of halogens is 6. The summed E-state index contributed by atoms with van der Waals surface area (Å²) in [7, 11) is 0. The second kappa shape index (κ2) is 9.39. The van der Waals surface area contributed by atoms with E-state index >= 15 is 0 Å². The molecular weight excluding hydrogens is 536 g/mol. The van der Waals surface area contributed by atoms with Crippen LogP contribution in [0.2, 0.25) is 15.2 Å². The van der Waals surface area contributed by atoms with E-state index in [1.54, 1.807) is 17.2 Å². The van der Waals surface area contributed by atoms with E-state index in [1.807, 2.05) is 6.07 Å². The van der Waals surface area contributed by atoms with Gasteiger partial charge in [-0.15, -0.1) is 0 Å². The van der Waals surface area contributed by atoms with Gasteiger partial charge in [0.05, 0.1) is 29.2 Å². The molecule has 0 spiro atoms. The molecule has 11 heteroatoms. The Hall–Kier alpha value is -2.55. The summed E-state index contributed by atoms with van der Waals surface area (Å²) in [5.74, 6) is -0.294. The highest BCUT2D eigenvalue weighted by Crippen LogP contribution is 2.49. The van der Waals surface area contributed by atoms with Gasteiger partial charge in [-0.25, -0.2) is 4.98 Å². The highest BCUT2D eigenvalue weighted by atomic mass is 35.5. The van der Waals surface area contributed by atoms with Crippen molar-refractivity contribution in [3.8, 4) is 0 Å². The molecular formula is C25H20Cl3F3N4O. The smallest absolute Gasteiger partial charge is 0.369 e. The summed E-state index contributed by atoms with van der Waals surface area (Å²) >= 11 is 17.9.